The number of hydrogen-bond donors (Lipinski definition) is 2. The fourth-order valence-electron chi connectivity index (χ4n) is 2.30. The minimum atomic E-state index is -3.96. The number of aromatic nitrogens is 2. The minimum Gasteiger partial charge on any atom is -0.387 e. The molecule has 4 atom stereocenters. The van der Waals surface area contributed by atoms with Crippen molar-refractivity contribution in [3.05, 3.63) is 33.1 Å². The zero-order valence-corrected chi connectivity index (χ0v) is 14.2. The molecule has 1 saturated heterocycles. The molecule has 0 aliphatic carbocycles. The van der Waals surface area contributed by atoms with E-state index < -0.39 is 43.6 Å². The van der Waals surface area contributed by atoms with Crippen molar-refractivity contribution in [1.29, 1.82) is 0 Å². The van der Waals surface area contributed by atoms with Gasteiger partial charge in [-0.15, -0.1) is 0 Å². The van der Waals surface area contributed by atoms with Crippen LogP contribution in [-0.2, 0) is 27.6 Å². The predicted molar refractivity (Wildman–Crippen MR) is 79.6 cm³/mol. The van der Waals surface area contributed by atoms with Crippen LogP contribution in [0.15, 0.2) is 21.9 Å². The van der Waals surface area contributed by atoms with Crippen molar-refractivity contribution in [2.75, 3.05) is 27.9 Å². The van der Waals surface area contributed by atoms with Crippen molar-refractivity contribution in [2.45, 2.75) is 24.5 Å². The molecule has 12 heteroatoms. The summed E-state index contributed by atoms with van der Waals surface area (Å²) in [6.07, 6.45) is -3.41. The van der Waals surface area contributed by atoms with Crippen LogP contribution in [0.25, 0.3) is 0 Å². The van der Waals surface area contributed by atoms with Gasteiger partial charge in [-0.1, -0.05) is 0 Å². The number of aliphatic hydroxyl groups excluding tert-OH is 1. The van der Waals surface area contributed by atoms with Gasteiger partial charge in [-0.2, -0.15) is 0 Å². The fourth-order valence-corrected chi connectivity index (χ4v) is 3.14. The number of aromatic amines is 1. The first-order valence-corrected chi connectivity index (χ1v) is 8.35. The number of aliphatic hydroxyl groups is 1. The molecule has 24 heavy (non-hydrogen) atoms. The average Bonchev–Trinajstić information content (AvgIpc) is 2.84. The van der Waals surface area contributed by atoms with E-state index in [0.717, 1.165) is 24.9 Å². The molecule has 0 bridgehead atoms. The lowest BCUT2D eigenvalue weighted by Gasteiger charge is -2.24. The molecular formula is C12H19N2O9P. The first-order valence-electron chi connectivity index (χ1n) is 6.89. The summed E-state index contributed by atoms with van der Waals surface area (Å²) >= 11 is 0. The number of H-pyrrole nitrogens is 1. The summed E-state index contributed by atoms with van der Waals surface area (Å²) in [5.74, 6) is 0. The second kappa shape index (κ2) is 7.70. The van der Waals surface area contributed by atoms with Crippen LogP contribution in [0.3, 0.4) is 0 Å². The first kappa shape index (κ1) is 19.0. The Labute approximate surface area is 136 Å². The second-order valence-electron chi connectivity index (χ2n) is 4.91. The molecule has 2 rings (SSSR count). The largest absolute Gasteiger partial charge is 0.474 e. The summed E-state index contributed by atoms with van der Waals surface area (Å²) < 4.78 is 38.4. The number of ether oxygens (including phenoxy) is 2. The van der Waals surface area contributed by atoms with E-state index in [1.807, 2.05) is 0 Å². The number of phosphoric acid groups is 1. The lowest BCUT2D eigenvalue weighted by atomic mass is 10.1. The van der Waals surface area contributed by atoms with Crippen LogP contribution in [0.5, 0.6) is 0 Å². The van der Waals surface area contributed by atoms with Crippen LogP contribution in [-0.4, -0.2) is 60.9 Å². The zero-order chi connectivity index (χ0) is 17.9. The van der Waals surface area contributed by atoms with Gasteiger partial charge in [0.1, 0.15) is 18.3 Å². The molecule has 1 fully saturated rings. The summed E-state index contributed by atoms with van der Waals surface area (Å²) in [4.78, 5) is 25.2. The number of methoxy groups -OCH3 is 1. The maximum atomic E-state index is 12.2. The van der Waals surface area contributed by atoms with E-state index in [0.29, 0.717) is 0 Å². The third-order valence-corrected chi connectivity index (χ3v) is 4.86. The third kappa shape index (κ3) is 3.83. The van der Waals surface area contributed by atoms with Gasteiger partial charge in [-0.25, -0.2) is 9.36 Å². The number of hydrogen-bond acceptors (Lipinski definition) is 9. The Morgan fingerprint density at radius 3 is 2.54 bits per heavy atom. The standard InChI is InChI=1S/C12H19N2O9P/c1-19-6-7-9(16)10(23-24(18,20-2)21-3)11(22-7)14-5-4-8(15)13-12(14)17/h4-5,7,9-11,16H,6H2,1-3H3,(H,13,15,17)/t7-,9-,10-,11-/m1/s1. The molecule has 136 valence electrons. The highest BCUT2D eigenvalue weighted by atomic mass is 31.2. The van der Waals surface area contributed by atoms with Crippen molar-refractivity contribution >= 4 is 7.82 Å². The van der Waals surface area contributed by atoms with Crippen molar-refractivity contribution in [3.63, 3.8) is 0 Å². The normalized spacial score (nSPS) is 27.5. The molecule has 1 aliphatic rings. The van der Waals surface area contributed by atoms with Crippen LogP contribution in [0.2, 0.25) is 0 Å². The molecule has 0 unspecified atom stereocenters. The Kier molecular flexibility index (Phi) is 6.10. The van der Waals surface area contributed by atoms with Crippen LogP contribution in [0, 0.1) is 0 Å². The predicted octanol–water partition coefficient (Wildman–Crippen LogP) is -0.773. The van der Waals surface area contributed by atoms with Gasteiger partial charge in [-0.05, 0) is 0 Å². The number of rotatable bonds is 7. The Balaban J connectivity index is 2.39. The molecule has 11 nitrogen and oxygen atoms in total. The highest BCUT2D eigenvalue weighted by molar-refractivity contribution is 7.48. The molecule has 1 aromatic heterocycles. The van der Waals surface area contributed by atoms with Crippen LogP contribution in [0.4, 0.5) is 0 Å². The van der Waals surface area contributed by atoms with Gasteiger partial charge in [0.2, 0.25) is 0 Å². The highest BCUT2D eigenvalue weighted by Gasteiger charge is 2.49. The molecule has 2 heterocycles. The molecule has 1 aliphatic heterocycles. The molecule has 2 N–H and O–H groups in total. The monoisotopic (exact) mass is 366 g/mol. The smallest absolute Gasteiger partial charge is 0.387 e. The number of phosphoric ester groups is 1. The number of nitrogens with one attached hydrogen (secondary N) is 1. The van der Waals surface area contributed by atoms with Crippen molar-refractivity contribution in [1.82, 2.24) is 9.55 Å². The van der Waals surface area contributed by atoms with E-state index in [2.05, 4.69) is 4.98 Å². The summed E-state index contributed by atoms with van der Waals surface area (Å²) in [6.45, 7) is -0.000103. The SMILES string of the molecule is COC[C@H]1O[C@@H](n2ccc(=O)[nH]c2=O)[C@H](OP(=O)(OC)OC)[C@@H]1O. The number of nitrogens with zero attached hydrogens (tertiary/aromatic N) is 1. The summed E-state index contributed by atoms with van der Waals surface area (Å²) in [5, 5.41) is 10.4. The first-order chi connectivity index (χ1) is 11.3. The van der Waals surface area contributed by atoms with Crippen molar-refractivity contribution < 1.29 is 32.7 Å². The minimum absolute atomic E-state index is 0.000103. The van der Waals surface area contributed by atoms with E-state index in [1.54, 1.807) is 0 Å². The Hall–Kier alpha value is -1.33. The van der Waals surface area contributed by atoms with Crippen molar-refractivity contribution in [2.24, 2.45) is 0 Å². The average molecular weight is 366 g/mol. The Morgan fingerprint density at radius 1 is 1.33 bits per heavy atom. The van der Waals surface area contributed by atoms with Gasteiger partial charge in [0.15, 0.2) is 6.23 Å². The van der Waals surface area contributed by atoms with Crippen LogP contribution >= 0.6 is 7.82 Å². The molecule has 0 spiro atoms. The Bertz CT molecular complexity index is 709. The van der Waals surface area contributed by atoms with E-state index in [1.165, 1.54) is 13.3 Å². The molecule has 0 radical (unpaired) electrons. The van der Waals surface area contributed by atoms with Crippen LogP contribution in [0.1, 0.15) is 6.23 Å². The van der Waals surface area contributed by atoms with Gasteiger partial charge in [0, 0.05) is 33.6 Å². The van der Waals surface area contributed by atoms with Gasteiger partial charge < -0.3 is 14.6 Å². The Morgan fingerprint density at radius 2 is 2.00 bits per heavy atom. The zero-order valence-electron chi connectivity index (χ0n) is 13.3. The van der Waals surface area contributed by atoms with E-state index >= 15 is 0 Å². The second-order valence-corrected chi connectivity index (χ2v) is 6.75. The van der Waals surface area contributed by atoms with E-state index in [-0.39, 0.29) is 6.61 Å². The molecule has 1 aromatic rings. The van der Waals surface area contributed by atoms with E-state index in [9.17, 15) is 19.3 Å². The maximum Gasteiger partial charge on any atom is 0.474 e. The topological polar surface area (TPSA) is 138 Å². The third-order valence-electron chi connectivity index (χ3n) is 3.47. The molecular weight excluding hydrogens is 347 g/mol. The molecule has 0 saturated carbocycles. The molecule has 0 aromatic carbocycles. The fraction of sp³-hybridized carbons (Fsp3) is 0.667. The summed E-state index contributed by atoms with van der Waals surface area (Å²) in [6, 6.07) is 1.10. The molecule has 0 amide bonds. The lowest BCUT2D eigenvalue weighted by Crippen LogP contribution is -2.39. The van der Waals surface area contributed by atoms with Crippen LogP contribution < -0.4 is 11.2 Å². The van der Waals surface area contributed by atoms with Gasteiger partial charge in [0.05, 0.1) is 6.61 Å². The quantitative estimate of drug-likeness (QED) is 0.595. The summed E-state index contributed by atoms with van der Waals surface area (Å²) in [5.41, 5.74) is -1.38. The summed E-state index contributed by atoms with van der Waals surface area (Å²) in [7, 11) is -0.338. The highest BCUT2D eigenvalue weighted by Crippen LogP contribution is 2.52. The van der Waals surface area contributed by atoms with Gasteiger partial charge in [0.25, 0.3) is 5.56 Å². The van der Waals surface area contributed by atoms with E-state index in [4.69, 9.17) is 23.0 Å². The van der Waals surface area contributed by atoms with Crippen molar-refractivity contribution in [3.8, 4) is 0 Å². The van der Waals surface area contributed by atoms with Gasteiger partial charge >= 0.3 is 13.5 Å². The maximum absolute atomic E-state index is 12.2. The van der Waals surface area contributed by atoms with Gasteiger partial charge in [-0.3, -0.25) is 27.9 Å². The lowest BCUT2D eigenvalue weighted by molar-refractivity contribution is -0.0615.